The molecule has 2 aromatic rings. The molecule has 0 saturated heterocycles. The van der Waals surface area contributed by atoms with E-state index < -0.39 is 5.91 Å². The zero-order chi connectivity index (χ0) is 19.1. The molecule has 2 N–H and O–H groups in total. The summed E-state index contributed by atoms with van der Waals surface area (Å²) in [5, 5.41) is 14.4. The number of hydrogen-bond donors (Lipinski definition) is 2. The molecule has 0 aliphatic carbocycles. The lowest BCUT2D eigenvalue weighted by atomic mass is 10.1. The maximum absolute atomic E-state index is 12.5. The van der Waals surface area contributed by atoms with E-state index in [2.05, 4.69) is 10.6 Å². The number of ether oxygens (including phenoxy) is 3. The molecule has 2 aromatic carbocycles. The average molecular weight is 371 g/mol. The van der Waals surface area contributed by atoms with Crippen LogP contribution in [-0.2, 0) is 0 Å². The Hall–Kier alpha value is -3.31. The normalized spacial score (nSPS) is 9.62. The van der Waals surface area contributed by atoms with Crippen molar-refractivity contribution in [3.05, 3.63) is 47.5 Å². The summed E-state index contributed by atoms with van der Waals surface area (Å²) in [6.07, 6.45) is 0. The van der Waals surface area contributed by atoms with Crippen molar-refractivity contribution in [2.75, 3.05) is 26.6 Å². The minimum Gasteiger partial charge on any atom is -0.493 e. The number of nitrogens with one attached hydrogen (secondary N) is 2. The zero-order valence-corrected chi connectivity index (χ0v) is 15.3. The smallest absolute Gasteiger partial charge is 0.257 e. The molecule has 0 fully saturated rings. The summed E-state index contributed by atoms with van der Waals surface area (Å²) in [6.45, 7) is 0. The van der Waals surface area contributed by atoms with E-state index in [4.69, 9.17) is 31.7 Å². The third-order valence-corrected chi connectivity index (χ3v) is 3.61. The molecular weight excluding hydrogens is 354 g/mol. The van der Waals surface area contributed by atoms with E-state index in [1.54, 1.807) is 24.3 Å². The zero-order valence-electron chi connectivity index (χ0n) is 14.5. The van der Waals surface area contributed by atoms with Crippen molar-refractivity contribution in [2.45, 2.75) is 0 Å². The average Bonchev–Trinajstić information content (AvgIpc) is 2.66. The van der Waals surface area contributed by atoms with Gasteiger partial charge in [0.25, 0.3) is 5.91 Å². The van der Waals surface area contributed by atoms with E-state index in [0.717, 1.165) is 0 Å². The van der Waals surface area contributed by atoms with Crippen LogP contribution in [0.1, 0.15) is 15.9 Å². The number of benzene rings is 2. The molecule has 7 nitrogen and oxygen atoms in total. The number of carbonyl (C=O) groups is 1. The van der Waals surface area contributed by atoms with Crippen LogP contribution in [-0.4, -0.2) is 32.3 Å². The van der Waals surface area contributed by atoms with Crippen LogP contribution in [0.2, 0.25) is 0 Å². The van der Waals surface area contributed by atoms with E-state index in [0.29, 0.717) is 28.5 Å². The van der Waals surface area contributed by atoms with Gasteiger partial charge in [0, 0.05) is 11.3 Å². The number of carbonyl (C=O) groups excluding carboxylic acids is 1. The number of hydrogen-bond acceptors (Lipinski definition) is 6. The fourth-order valence-electron chi connectivity index (χ4n) is 2.22. The first-order valence-electron chi connectivity index (χ1n) is 7.45. The van der Waals surface area contributed by atoms with Crippen molar-refractivity contribution in [2.24, 2.45) is 0 Å². The van der Waals surface area contributed by atoms with Crippen LogP contribution in [0.3, 0.4) is 0 Å². The highest BCUT2D eigenvalue weighted by Gasteiger charge is 2.17. The molecule has 0 unspecified atom stereocenters. The van der Waals surface area contributed by atoms with Gasteiger partial charge in [0.15, 0.2) is 16.6 Å². The van der Waals surface area contributed by atoms with Gasteiger partial charge in [0.05, 0.1) is 33.0 Å². The van der Waals surface area contributed by atoms with Crippen LogP contribution in [0.4, 0.5) is 5.69 Å². The highest BCUT2D eigenvalue weighted by Crippen LogP contribution is 2.38. The highest BCUT2D eigenvalue weighted by molar-refractivity contribution is 7.80. The van der Waals surface area contributed by atoms with E-state index in [1.807, 2.05) is 6.07 Å². The maximum atomic E-state index is 12.5. The Morgan fingerprint density at radius 1 is 1.08 bits per heavy atom. The minimum atomic E-state index is -0.446. The summed E-state index contributed by atoms with van der Waals surface area (Å²) >= 11 is 5.15. The van der Waals surface area contributed by atoms with Crippen molar-refractivity contribution >= 4 is 28.9 Å². The Kier molecular flexibility index (Phi) is 6.36. The number of rotatable bonds is 5. The number of nitrogens with zero attached hydrogens (tertiary/aromatic N) is 1. The monoisotopic (exact) mass is 371 g/mol. The van der Waals surface area contributed by atoms with Crippen LogP contribution in [0.15, 0.2) is 36.4 Å². The summed E-state index contributed by atoms with van der Waals surface area (Å²) in [5.74, 6) is 0.661. The highest BCUT2D eigenvalue weighted by atomic mass is 32.1. The summed E-state index contributed by atoms with van der Waals surface area (Å²) in [6, 6.07) is 11.8. The molecule has 2 rings (SSSR count). The van der Waals surface area contributed by atoms with Gasteiger partial charge in [-0.05, 0) is 42.5 Å². The molecule has 26 heavy (non-hydrogen) atoms. The largest absolute Gasteiger partial charge is 0.493 e. The van der Waals surface area contributed by atoms with Crippen molar-refractivity contribution in [3.8, 4) is 23.3 Å². The topological polar surface area (TPSA) is 92.6 Å². The molecule has 0 bridgehead atoms. The predicted molar refractivity (Wildman–Crippen MR) is 101 cm³/mol. The second kappa shape index (κ2) is 8.69. The van der Waals surface area contributed by atoms with Crippen molar-refractivity contribution in [3.63, 3.8) is 0 Å². The molecule has 0 aliphatic rings. The lowest BCUT2D eigenvalue weighted by Gasteiger charge is -2.14. The summed E-state index contributed by atoms with van der Waals surface area (Å²) < 4.78 is 15.7. The summed E-state index contributed by atoms with van der Waals surface area (Å²) in [5.41, 5.74) is 1.36. The first-order chi connectivity index (χ1) is 12.5. The molecule has 0 aromatic heterocycles. The second-order valence-corrected chi connectivity index (χ2v) is 5.42. The lowest BCUT2D eigenvalue weighted by molar-refractivity contribution is 0.0977. The van der Waals surface area contributed by atoms with Gasteiger partial charge in [-0.3, -0.25) is 10.1 Å². The third kappa shape index (κ3) is 4.40. The molecule has 8 heteroatoms. The Bertz CT molecular complexity index is 852. The van der Waals surface area contributed by atoms with Gasteiger partial charge < -0.3 is 19.5 Å². The van der Waals surface area contributed by atoms with E-state index >= 15 is 0 Å². The molecule has 0 aliphatic heterocycles. The Balaban J connectivity index is 2.16. The molecule has 0 heterocycles. The number of amides is 1. The standard InChI is InChI=1S/C18H17N3O4S/c1-23-14-8-12(9-15(24-2)16(14)25-3)17(22)21-18(26)20-13-6-4-5-11(7-13)10-19/h4-9H,1-3H3,(H2,20,21,22,26). The van der Waals surface area contributed by atoms with Crippen LogP contribution in [0.25, 0.3) is 0 Å². The number of thiocarbonyl (C=S) groups is 1. The minimum absolute atomic E-state index is 0.0961. The first-order valence-corrected chi connectivity index (χ1v) is 7.85. The van der Waals surface area contributed by atoms with Crippen LogP contribution in [0.5, 0.6) is 17.2 Å². The molecular formula is C18H17N3O4S. The predicted octanol–water partition coefficient (Wildman–Crippen LogP) is 2.71. The lowest BCUT2D eigenvalue weighted by Crippen LogP contribution is -2.34. The van der Waals surface area contributed by atoms with Gasteiger partial charge in [-0.15, -0.1) is 0 Å². The summed E-state index contributed by atoms with van der Waals surface area (Å²) in [7, 11) is 4.41. The van der Waals surface area contributed by atoms with Gasteiger partial charge in [-0.25, -0.2) is 0 Å². The van der Waals surface area contributed by atoms with E-state index in [9.17, 15) is 4.79 Å². The van der Waals surface area contributed by atoms with Gasteiger partial charge in [-0.2, -0.15) is 5.26 Å². The Morgan fingerprint density at radius 2 is 1.73 bits per heavy atom. The number of nitriles is 1. The molecule has 0 atom stereocenters. The fourth-order valence-corrected chi connectivity index (χ4v) is 2.43. The first kappa shape index (κ1) is 19.0. The van der Waals surface area contributed by atoms with Crippen molar-refractivity contribution in [1.29, 1.82) is 5.26 Å². The van der Waals surface area contributed by atoms with Gasteiger partial charge in [0.2, 0.25) is 5.75 Å². The Labute approximate surface area is 156 Å². The van der Waals surface area contributed by atoms with E-state index in [1.165, 1.54) is 33.5 Å². The fraction of sp³-hybridized carbons (Fsp3) is 0.167. The quantitative estimate of drug-likeness (QED) is 0.781. The van der Waals surface area contributed by atoms with Crippen LogP contribution in [0, 0.1) is 11.3 Å². The maximum Gasteiger partial charge on any atom is 0.257 e. The van der Waals surface area contributed by atoms with Gasteiger partial charge in [0.1, 0.15) is 0 Å². The van der Waals surface area contributed by atoms with Crippen LogP contribution < -0.4 is 24.8 Å². The van der Waals surface area contributed by atoms with E-state index in [-0.39, 0.29) is 10.7 Å². The Morgan fingerprint density at radius 3 is 2.27 bits per heavy atom. The molecule has 0 saturated carbocycles. The molecule has 0 spiro atoms. The molecule has 134 valence electrons. The van der Waals surface area contributed by atoms with Gasteiger partial charge >= 0.3 is 0 Å². The second-order valence-electron chi connectivity index (χ2n) is 5.01. The summed E-state index contributed by atoms with van der Waals surface area (Å²) in [4.78, 5) is 12.5. The number of anilines is 1. The third-order valence-electron chi connectivity index (χ3n) is 3.40. The molecule has 1 amide bonds. The number of methoxy groups -OCH3 is 3. The molecule has 0 radical (unpaired) electrons. The van der Waals surface area contributed by atoms with Crippen molar-refractivity contribution < 1.29 is 19.0 Å². The van der Waals surface area contributed by atoms with Crippen molar-refractivity contribution in [1.82, 2.24) is 5.32 Å². The van der Waals surface area contributed by atoms with Gasteiger partial charge in [-0.1, -0.05) is 6.07 Å². The van der Waals surface area contributed by atoms with Crippen LogP contribution >= 0.6 is 12.2 Å². The SMILES string of the molecule is COc1cc(C(=O)NC(=S)Nc2cccc(C#N)c2)cc(OC)c1OC.